The maximum absolute atomic E-state index is 12.1. The lowest BCUT2D eigenvalue weighted by atomic mass is 9.96. The SMILES string of the molecule is CCn1c(C2CCCN(c3ncccc3C(N)=O)C2)nn(C)c1=O. The number of aryl methyl sites for hydroxylation is 1. The Hall–Kier alpha value is -2.64. The van der Waals surface area contributed by atoms with Crippen molar-refractivity contribution in [3.05, 3.63) is 40.2 Å². The lowest BCUT2D eigenvalue weighted by Gasteiger charge is -2.33. The van der Waals surface area contributed by atoms with E-state index in [0.717, 1.165) is 25.2 Å². The summed E-state index contributed by atoms with van der Waals surface area (Å²) in [4.78, 5) is 30.2. The van der Waals surface area contributed by atoms with Crippen molar-refractivity contribution in [1.29, 1.82) is 0 Å². The standard InChI is InChI=1S/C16H22N6O2/c1-3-22-14(19-20(2)16(22)24)11-6-5-9-21(10-11)15-12(13(17)23)7-4-8-18-15/h4,7-8,11H,3,5-6,9-10H2,1-2H3,(H2,17,23). The van der Waals surface area contributed by atoms with Gasteiger partial charge in [-0.3, -0.25) is 9.36 Å². The van der Waals surface area contributed by atoms with Crippen molar-refractivity contribution in [1.82, 2.24) is 19.3 Å². The molecule has 0 radical (unpaired) electrons. The molecule has 2 aromatic rings. The average Bonchev–Trinajstić information content (AvgIpc) is 2.89. The van der Waals surface area contributed by atoms with Crippen molar-refractivity contribution in [2.45, 2.75) is 32.2 Å². The molecule has 2 N–H and O–H groups in total. The van der Waals surface area contributed by atoms with Crippen molar-refractivity contribution >= 4 is 11.7 Å². The van der Waals surface area contributed by atoms with Gasteiger partial charge in [0.25, 0.3) is 5.91 Å². The minimum absolute atomic E-state index is 0.0970. The number of primary amides is 1. The smallest absolute Gasteiger partial charge is 0.345 e. The van der Waals surface area contributed by atoms with Gasteiger partial charge in [0.05, 0.1) is 5.56 Å². The van der Waals surface area contributed by atoms with Gasteiger partial charge in [0.1, 0.15) is 11.6 Å². The minimum atomic E-state index is -0.483. The van der Waals surface area contributed by atoms with Crippen LogP contribution in [0.3, 0.4) is 0 Å². The van der Waals surface area contributed by atoms with Crippen molar-refractivity contribution in [3.63, 3.8) is 0 Å². The van der Waals surface area contributed by atoms with Gasteiger partial charge in [-0.1, -0.05) is 0 Å². The monoisotopic (exact) mass is 330 g/mol. The third-order valence-corrected chi connectivity index (χ3v) is 4.49. The summed E-state index contributed by atoms with van der Waals surface area (Å²) in [6.45, 7) is 4.00. The van der Waals surface area contributed by atoms with Crippen LogP contribution in [-0.4, -0.2) is 38.3 Å². The van der Waals surface area contributed by atoms with E-state index in [1.807, 2.05) is 6.92 Å². The second-order valence-corrected chi connectivity index (χ2v) is 6.03. The molecule has 1 saturated heterocycles. The number of pyridine rings is 1. The van der Waals surface area contributed by atoms with Gasteiger partial charge in [-0.15, -0.1) is 0 Å². The fourth-order valence-electron chi connectivity index (χ4n) is 3.34. The Kier molecular flexibility index (Phi) is 4.37. The van der Waals surface area contributed by atoms with Crippen molar-refractivity contribution in [2.75, 3.05) is 18.0 Å². The van der Waals surface area contributed by atoms with Gasteiger partial charge >= 0.3 is 5.69 Å². The first kappa shape index (κ1) is 16.2. The summed E-state index contributed by atoms with van der Waals surface area (Å²) in [6.07, 6.45) is 3.55. The third kappa shape index (κ3) is 2.79. The van der Waals surface area contributed by atoms with E-state index < -0.39 is 5.91 Å². The van der Waals surface area contributed by atoms with Crippen molar-refractivity contribution in [2.24, 2.45) is 12.8 Å². The third-order valence-electron chi connectivity index (χ3n) is 4.49. The first-order chi connectivity index (χ1) is 11.5. The fourth-order valence-corrected chi connectivity index (χ4v) is 3.34. The van der Waals surface area contributed by atoms with Gasteiger partial charge in [-0.2, -0.15) is 5.10 Å². The Balaban J connectivity index is 1.92. The molecule has 1 atom stereocenters. The molecule has 0 aliphatic carbocycles. The highest BCUT2D eigenvalue weighted by molar-refractivity contribution is 5.97. The van der Waals surface area contributed by atoms with E-state index >= 15 is 0 Å². The first-order valence-electron chi connectivity index (χ1n) is 8.16. The molecule has 0 aromatic carbocycles. The summed E-state index contributed by atoms with van der Waals surface area (Å²) in [7, 11) is 1.67. The molecule has 1 fully saturated rings. The number of hydrogen-bond acceptors (Lipinski definition) is 5. The van der Waals surface area contributed by atoms with Crippen LogP contribution in [0.25, 0.3) is 0 Å². The highest BCUT2D eigenvalue weighted by atomic mass is 16.2. The van der Waals surface area contributed by atoms with E-state index in [2.05, 4.69) is 15.0 Å². The van der Waals surface area contributed by atoms with E-state index in [9.17, 15) is 9.59 Å². The molecule has 1 amide bonds. The lowest BCUT2D eigenvalue weighted by Crippen LogP contribution is -2.37. The van der Waals surface area contributed by atoms with Gasteiger partial charge in [-0.25, -0.2) is 14.5 Å². The molecule has 24 heavy (non-hydrogen) atoms. The van der Waals surface area contributed by atoms with Crippen LogP contribution in [0.1, 0.15) is 41.9 Å². The van der Waals surface area contributed by atoms with Gasteiger partial charge in [0, 0.05) is 38.8 Å². The Morgan fingerprint density at radius 1 is 1.46 bits per heavy atom. The molecule has 0 bridgehead atoms. The molecule has 8 heteroatoms. The second-order valence-electron chi connectivity index (χ2n) is 6.03. The zero-order chi connectivity index (χ0) is 17.3. The average molecular weight is 330 g/mol. The number of aromatic nitrogens is 4. The predicted octanol–water partition coefficient (Wildman–Crippen LogP) is 0.480. The molecule has 1 aliphatic heterocycles. The number of anilines is 1. The minimum Gasteiger partial charge on any atom is -0.365 e. The quantitative estimate of drug-likeness (QED) is 0.879. The number of nitrogens with zero attached hydrogens (tertiary/aromatic N) is 5. The number of carbonyl (C=O) groups is 1. The molecule has 3 rings (SSSR count). The maximum Gasteiger partial charge on any atom is 0.345 e. The topological polar surface area (TPSA) is 99.0 Å². The predicted molar refractivity (Wildman–Crippen MR) is 90.1 cm³/mol. The second kappa shape index (κ2) is 6.46. The number of amides is 1. The maximum atomic E-state index is 12.1. The number of rotatable bonds is 4. The summed E-state index contributed by atoms with van der Waals surface area (Å²) in [5.41, 5.74) is 5.80. The van der Waals surface area contributed by atoms with E-state index in [1.54, 1.807) is 29.9 Å². The van der Waals surface area contributed by atoms with Gasteiger partial charge in [0.2, 0.25) is 0 Å². The zero-order valence-electron chi connectivity index (χ0n) is 14.0. The first-order valence-corrected chi connectivity index (χ1v) is 8.16. The molecular formula is C16H22N6O2. The molecule has 1 unspecified atom stereocenters. The van der Waals surface area contributed by atoms with Crippen LogP contribution in [-0.2, 0) is 13.6 Å². The molecule has 8 nitrogen and oxygen atoms in total. The fraction of sp³-hybridized carbons (Fsp3) is 0.500. The van der Waals surface area contributed by atoms with Crippen molar-refractivity contribution in [3.8, 4) is 0 Å². The largest absolute Gasteiger partial charge is 0.365 e. The van der Waals surface area contributed by atoms with Gasteiger partial charge in [0.15, 0.2) is 0 Å². The molecule has 0 spiro atoms. The van der Waals surface area contributed by atoms with E-state index in [0.29, 0.717) is 24.5 Å². The zero-order valence-corrected chi connectivity index (χ0v) is 14.0. The van der Waals surface area contributed by atoms with E-state index in [4.69, 9.17) is 5.73 Å². The summed E-state index contributed by atoms with van der Waals surface area (Å²) in [5.74, 6) is 1.04. The summed E-state index contributed by atoms with van der Waals surface area (Å²) in [5, 5.41) is 4.42. The van der Waals surface area contributed by atoms with Crippen LogP contribution < -0.4 is 16.3 Å². The normalized spacial score (nSPS) is 17.9. The highest BCUT2D eigenvalue weighted by Gasteiger charge is 2.28. The molecule has 3 heterocycles. The molecule has 2 aromatic heterocycles. The van der Waals surface area contributed by atoms with Crippen LogP contribution in [0.15, 0.2) is 23.1 Å². The molecule has 0 saturated carbocycles. The Labute approximate surface area is 139 Å². The summed E-state index contributed by atoms with van der Waals surface area (Å²) >= 11 is 0. The van der Waals surface area contributed by atoms with Gasteiger partial charge < -0.3 is 10.6 Å². The van der Waals surface area contributed by atoms with Crippen LogP contribution in [0.2, 0.25) is 0 Å². The molecule has 1 aliphatic rings. The highest BCUT2D eigenvalue weighted by Crippen LogP contribution is 2.29. The van der Waals surface area contributed by atoms with Crippen LogP contribution >= 0.6 is 0 Å². The number of hydrogen-bond donors (Lipinski definition) is 1. The number of nitrogens with two attached hydrogens (primary N) is 1. The van der Waals surface area contributed by atoms with Crippen LogP contribution in [0.5, 0.6) is 0 Å². The van der Waals surface area contributed by atoms with Crippen LogP contribution in [0, 0.1) is 0 Å². The van der Waals surface area contributed by atoms with E-state index in [1.165, 1.54) is 4.68 Å². The summed E-state index contributed by atoms with van der Waals surface area (Å²) < 4.78 is 3.09. The number of carbonyl (C=O) groups excluding carboxylic acids is 1. The van der Waals surface area contributed by atoms with E-state index in [-0.39, 0.29) is 11.6 Å². The van der Waals surface area contributed by atoms with Crippen LogP contribution in [0.4, 0.5) is 5.82 Å². The molecular weight excluding hydrogens is 308 g/mol. The Morgan fingerprint density at radius 2 is 2.25 bits per heavy atom. The summed E-state index contributed by atoms with van der Waals surface area (Å²) in [6, 6.07) is 3.40. The lowest BCUT2D eigenvalue weighted by molar-refractivity contribution is 0.100. The Bertz CT molecular complexity index is 809. The van der Waals surface area contributed by atoms with Gasteiger partial charge in [-0.05, 0) is 31.9 Å². The number of piperidine rings is 1. The molecule has 128 valence electrons. The Morgan fingerprint density at radius 3 is 2.96 bits per heavy atom. The van der Waals surface area contributed by atoms with Crippen molar-refractivity contribution < 1.29 is 4.79 Å².